The predicted octanol–water partition coefficient (Wildman–Crippen LogP) is 1.19. The zero-order chi connectivity index (χ0) is 10.3. The molecule has 2 amide bonds. The van der Waals surface area contributed by atoms with Gasteiger partial charge >= 0.3 is 6.03 Å². The lowest BCUT2D eigenvalue weighted by Crippen LogP contribution is -2.51. The molecule has 0 saturated heterocycles. The zero-order valence-electron chi connectivity index (χ0n) is 8.72. The summed E-state index contributed by atoms with van der Waals surface area (Å²) in [6.07, 6.45) is 0.900. The number of carbonyl (C=O) groups excluding carboxylic acids is 1. The van der Waals surface area contributed by atoms with E-state index in [4.69, 9.17) is 0 Å². The number of urea groups is 1. The van der Waals surface area contributed by atoms with E-state index in [0.717, 1.165) is 23.4 Å². The van der Waals surface area contributed by atoms with E-state index in [1.807, 2.05) is 13.8 Å². The number of nitrogens with one attached hydrogen (secondary N) is 2. The fourth-order valence-electron chi connectivity index (χ4n) is 2.26. The van der Waals surface area contributed by atoms with E-state index in [2.05, 4.69) is 22.5 Å². The average molecular weight is 193 g/mol. The van der Waals surface area contributed by atoms with E-state index in [-0.39, 0.29) is 12.1 Å². The molecule has 2 aliphatic rings. The first-order valence-electron chi connectivity index (χ1n) is 4.91. The Labute approximate surface area is 83.5 Å². The molecule has 4 heteroatoms. The molecule has 2 unspecified atom stereocenters. The van der Waals surface area contributed by atoms with Crippen LogP contribution in [0.2, 0.25) is 0 Å². The molecule has 0 spiro atoms. The van der Waals surface area contributed by atoms with Gasteiger partial charge in [-0.15, -0.1) is 0 Å². The van der Waals surface area contributed by atoms with Crippen molar-refractivity contribution in [2.75, 3.05) is 0 Å². The van der Waals surface area contributed by atoms with Crippen molar-refractivity contribution in [3.8, 4) is 0 Å². The summed E-state index contributed by atoms with van der Waals surface area (Å²) >= 11 is 0. The smallest absolute Gasteiger partial charge is 0.319 e. The van der Waals surface area contributed by atoms with E-state index in [0.29, 0.717) is 6.04 Å². The second kappa shape index (κ2) is 3.12. The molecule has 0 aromatic heterocycles. The Balaban J connectivity index is 2.42. The molecule has 4 nitrogen and oxygen atoms in total. The molecule has 0 saturated carbocycles. The van der Waals surface area contributed by atoms with Crippen LogP contribution in [-0.2, 0) is 0 Å². The highest BCUT2D eigenvalue weighted by Gasteiger charge is 2.30. The number of hydrogen-bond acceptors (Lipinski definition) is 2. The van der Waals surface area contributed by atoms with E-state index >= 15 is 0 Å². The van der Waals surface area contributed by atoms with Crippen molar-refractivity contribution in [1.29, 1.82) is 0 Å². The molecular weight excluding hydrogens is 178 g/mol. The third-order valence-electron chi connectivity index (χ3n) is 2.74. The van der Waals surface area contributed by atoms with Crippen molar-refractivity contribution in [3.63, 3.8) is 0 Å². The van der Waals surface area contributed by atoms with Gasteiger partial charge in [0.15, 0.2) is 0 Å². The first-order chi connectivity index (χ1) is 6.58. The predicted molar refractivity (Wildman–Crippen MR) is 55.3 cm³/mol. The summed E-state index contributed by atoms with van der Waals surface area (Å²) in [4.78, 5) is 15.8. The summed E-state index contributed by atoms with van der Waals surface area (Å²) in [6.45, 7) is 6.00. The van der Waals surface area contributed by atoms with Crippen molar-refractivity contribution in [3.05, 3.63) is 11.3 Å². The Morgan fingerprint density at radius 1 is 1.43 bits per heavy atom. The molecule has 0 aromatic carbocycles. The largest absolute Gasteiger partial charge is 0.331 e. The highest BCUT2D eigenvalue weighted by molar-refractivity contribution is 6.02. The standard InChI is InChI=1S/C10H15N3O/c1-5-4-8-9(6(2)11-5)7(3)12-10(14)13-8/h5,8H,4H2,1-3H3,(H2,12,13,14). The van der Waals surface area contributed by atoms with Gasteiger partial charge < -0.3 is 10.6 Å². The minimum Gasteiger partial charge on any atom is -0.331 e. The van der Waals surface area contributed by atoms with Crippen LogP contribution in [0.15, 0.2) is 16.3 Å². The molecule has 2 heterocycles. The van der Waals surface area contributed by atoms with E-state index < -0.39 is 0 Å². The number of nitrogens with zero attached hydrogens (tertiary/aromatic N) is 1. The maximum Gasteiger partial charge on any atom is 0.319 e. The second-order valence-corrected chi connectivity index (χ2v) is 3.99. The van der Waals surface area contributed by atoms with Crippen molar-refractivity contribution in [2.45, 2.75) is 39.3 Å². The minimum absolute atomic E-state index is 0.0989. The van der Waals surface area contributed by atoms with Gasteiger partial charge in [0.05, 0.1) is 6.04 Å². The summed E-state index contributed by atoms with van der Waals surface area (Å²) in [5, 5.41) is 5.69. The van der Waals surface area contributed by atoms with E-state index in [1.54, 1.807) is 0 Å². The monoisotopic (exact) mass is 193 g/mol. The molecule has 2 atom stereocenters. The molecule has 2 aliphatic heterocycles. The van der Waals surface area contributed by atoms with Crippen LogP contribution in [0.1, 0.15) is 27.2 Å². The fraction of sp³-hybridized carbons (Fsp3) is 0.600. The number of aliphatic imine (C=N–C) groups is 1. The normalized spacial score (nSPS) is 31.6. The Morgan fingerprint density at radius 2 is 2.14 bits per heavy atom. The maximum atomic E-state index is 11.2. The van der Waals surface area contributed by atoms with Crippen LogP contribution in [-0.4, -0.2) is 23.8 Å². The van der Waals surface area contributed by atoms with Crippen LogP contribution >= 0.6 is 0 Å². The number of fused-ring (bicyclic) bond motifs is 1. The molecule has 0 radical (unpaired) electrons. The lowest BCUT2D eigenvalue weighted by molar-refractivity contribution is 0.237. The first kappa shape index (κ1) is 9.24. The number of carbonyl (C=O) groups is 1. The van der Waals surface area contributed by atoms with Gasteiger partial charge in [0.25, 0.3) is 0 Å². The highest BCUT2D eigenvalue weighted by Crippen LogP contribution is 2.23. The number of hydrogen-bond donors (Lipinski definition) is 2. The maximum absolute atomic E-state index is 11.2. The molecule has 0 aromatic rings. The van der Waals surface area contributed by atoms with Crippen LogP contribution in [0.3, 0.4) is 0 Å². The summed E-state index contributed by atoms with van der Waals surface area (Å²) in [7, 11) is 0. The molecule has 0 aliphatic carbocycles. The average Bonchev–Trinajstić information content (AvgIpc) is 1.99. The Kier molecular flexibility index (Phi) is 2.06. The third-order valence-corrected chi connectivity index (χ3v) is 2.74. The molecule has 0 fully saturated rings. The van der Waals surface area contributed by atoms with E-state index in [1.165, 1.54) is 0 Å². The molecule has 0 bridgehead atoms. The second-order valence-electron chi connectivity index (χ2n) is 3.99. The highest BCUT2D eigenvalue weighted by atomic mass is 16.2. The van der Waals surface area contributed by atoms with Crippen molar-refractivity contribution < 1.29 is 4.79 Å². The fourth-order valence-corrected chi connectivity index (χ4v) is 2.26. The topological polar surface area (TPSA) is 53.5 Å². The number of amides is 2. The number of rotatable bonds is 0. The van der Waals surface area contributed by atoms with Gasteiger partial charge in [0.2, 0.25) is 0 Å². The third kappa shape index (κ3) is 1.41. The minimum atomic E-state index is -0.0989. The Morgan fingerprint density at radius 3 is 2.86 bits per heavy atom. The van der Waals surface area contributed by atoms with E-state index in [9.17, 15) is 4.79 Å². The van der Waals surface area contributed by atoms with Gasteiger partial charge in [-0.25, -0.2) is 4.79 Å². The number of allylic oxidation sites excluding steroid dienone is 1. The van der Waals surface area contributed by atoms with Crippen LogP contribution in [0, 0.1) is 0 Å². The van der Waals surface area contributed by atoms with Gasteiger partial charge in [-0.2, -0.15) is 0 Å². The summed E-state index contributed by atoms with van der Waals surface area (Å²) in [5.41, 5.74) is 3.13. The quantitative estimate of drug-likeness (QED) is 0.596. The summed E-state index contributed by atoms with van der Waals surface area (Å²) in [6, 6.07) is 0.351. The van der Waals surface area contributed by atoms with Crippen LogP contribution in [0.5, 0.6) is 0 Å². The lowest BCUT2D eigenvalue weighted by atomic mass is 9.90. The van der Waals surface area contributed by atoms with Gasteiger partial charge in [-0.1, -0.05) is 0 Å². The van der Waals surface area contributed by atoms with Crippen molar-refractivity contribution in [1.82, 2.24) is 10.6 Å². The molecular formula is C10H15N3O. The van der Waals surface area contributed by atoms with Crippen LogP contribution in [0.4, 0.5) is 4.79 Å². The summed E-state index contributed by atoms with van der Waals surface area (Å²) < 4.78 is 0. The van der Waals surface area contributed by atoms with Crippen molar-refractivity contribution >= 4 is 11.7 Å². The molecule has 2 rings (SSSR count). The van der Waals surface area contributed by atoms with Crippen LogP contribution < -0.4 is 10.6 Å². The zero-order valence-corrected chi connectivity index (χ0v) is 8.72. The van der Waals surface area contributed by atoms with Gasteiger partial charge in [-0.05, 0) is 27.2 Å². The van der Waals surface area contributed by atoms with Gasteiger partial charge in [0.1, 0.15) is 0 Å². The molecule has 2 N–H and O–H groups in total. The van der Waals surface area contributed by atoms with Crippen LogP contribution in [0.25, 0.3) is 0 Å². The van der Waals surface area contributed by atoms with Gasteiger partial charge in [-0.3, -0.25) is 4.99 Å². The SMILES string of the molecule is CC1=NC(C)CC2NC(=O)NC(C)=C12. The Hall–Kier alpha value is -1.32. The van der Waals surface area contributed by atoms with Gasteiger partial charge in [0, 0.05) is 23.0 Å². The molecule has 76 valence electrons. The Bertz CT molecular complexity index is 343. The lowest BCUT2D eigenvalue weighted by Gasteiger charge is -2.33. The molecule has 14 heavy (non-hydrogen) atoms. The first-order valence-corrected chi connectivity index (χ1v) is 4.91. The van der Waals surface area contributed by atoms with Crippen molar-refractivity contribution in [2.24, 2.45) is 4.99 Å². The summed E-state index contributed by atoms with van der Waals surface area (Å²) in [5.74, 6) is 0.